The molecule has 2 aromatic rings. The highest BCUT2D eigenvalue weighted by Crippen LogP contribution is 2.48. The first-order valence-electron chi connectivity index (χ1n) is 11.6. The number of nitrogens with zero attached hydrogens (tertiary/aromatic N) is 1. The van der Waals surface area contributed by atoms with E-state index < -0.39 is 29.9 Å². The number of nitrogens with one attached hydrogen (secondary N) is 1. The van der Waals surface area contributed by atoms with Crippen LogP contribution in [0.3, 0.4) is 0 Å². The van der Waals surface area contributed by atoms with Crippen molar-refractivity contribution in [3.8, 4) is 0 Å². The van der Waals surface area contributed by atoms with Crippen molar-refractivity contribution >= 4 is 16.9 Å². The Labute approximate surface area is 191 Å². The number of H-pyrrole nitrogens is 1. The van der Waals surface area contributed by atoms with Gasteiger partial charge >= 0.3 is 5.97 Å². The van der Waals surface area contributed by atoms with Gasteiger partial charge in [-0.15, -0.1) is 0 Å². The van der Waals surface area contributed by atoms with Gasteiger partial charge in [0.2, 0.25) is 0 Å². The summed E-state index contributed by atoms with van der Waals surface area (Å²) in [5.74, 6) is -2.74. The van der Waals surface area contributed by atoms with E-state index in [0.29, 0.717) is 13.2 Å². The molecule has 1 aromatic carbocycles. The Balaban J connectivity index is 1.62. The summed E-state index contributed by atoms with van der Waals surface area (Å²) in [5, 5.41) is 9.98. The third-order valence-electron chi connectivity index (χ3n) is 7.20. The third-order valence-corrected chi connectivity index (χ3v) is 7.20. The van der Waals surface area contributed by atoms with E-state index in [-0.39, 0.29) is 17.7 Å². The van der Waals surface area contributed by atoms with Crippen LogP contribution in [-0.4, -0.2) is 52.4 Å². The third kappa shape index (κ3) is 3.93. The van der Waals surface area contributed by atoms with Gasteiger partial charge in [0.25, 0.3) is 0 Å². The zero-order chi connectivity index (χ0) is 23.1. The molecular formula is C26H28F2N2O3. The van der Waals surface area contributed by atoms with Gasteiger partial charge in [0.05, 0.1) is 18.6 Å². The van der Waals surface area contributed by atoms with Crippen LogP contribution in [0.15, 0.2) is 60.0 Å². The van der Waals surface area contributed by atoms with E-state index in [9.17, 15) is 4.79 Å². The van der Waals surface area contributed by atoms with Crippen molar-refractivity contribution in [3.63, 3.8) is 0 Å². The van der Waals surface area contributed by atoms with Crippen molar-refractivity contribution in [2.24, 2.45) is 5.92 Å². The van der Waals surface area contributed by atoms with E-state index in [2.05, 4.69) is 22.9 Å². The topological polar surface area (TPSA) is 65.6 Å². The second kappa shape index (κ2) is 8.88. The number of halogens is 2. The Hall–Kier alpha value is -2.77. The van der Waals surface area contributed by atoms with Gasteiger partial charge in [-0.2, -0.15) is 0 Å². The predicted molar refractivity (Wildman–Crippen MR) is 122 cm³/mol. The number of carboxylic acid groups (broad SMARTS) is 1. The standard InChI is InChI=1S/C26H28F2N2O3/c1-2-16-13-19-18-5-3-4-6-22(18)29-25(19)26(30(16)17-9-10-33-14-17)24-20(27)11-15(12-21(24)28)7-8-23(31)32/h3-8,11-12,16-17,20,24,26,29H,2,9-10,13-14H2,1H3,(H,31,32)/b8-7+/t16-,17+,20?,24?,26-/m1/s1. The Morgan fingerprint density at radius 1 is 1.36 bits per heavy atom. The molecule has 1 aromatic heterocycles. The maximum atomic E-state index is 15.7. The summed E-state index contributed by atoms with van der Waals surface area (Å²) in [6.07, 6.45) is 5.65. The number of rotatable bonds is 5. The average Bonchev–Trinajstić information content (AvgIpc) is 3.44. The van der Waals surface area contributed by atoms with E-state index in [4.69, 9.17) is 9.84 Å². The van der Waals surface area contributed by atoms with Crippen molar-refractivity contribution in [3.05, 3.63) is 71.2 Å². The number of hydrogen-bond acceptors (Lipinski definition) is 3. The molecule has 7 heteroatoms. The lowest BCUT2D eigenvalue weighted by Crippen LogP contribution is -2.53. The smallest absolute Gasteiger partial charge is 0.328 e. The lowest BCUT2D eigenvalue weighted by atomic mass is 9.78. The molecule has 2 unspecified atom stereocenters. The summed E-state index contributed by atoms with van der Waals surface area (Å²) in [7, 11) is 0. The fourth-order valence-electron chi connectivity index (χ4n) is 5.75. The van der Waals surface area contributed by atoms with Crippen LogP contribution in [-0.2, 0) is 16.0 Å². The van der Waals surface area contributed by atoms with Crippen LogP contribution >= 0.6 is 0 Å². The molecule has 3 heterocycles. The van der Waals surface area contributed by atoms with Gasteiger partial charge in [0.1, 0.15) is 12.0 Å². The zero-order valence-corrected chi connectivity index (χ0v) is 18.5. The highest BCUT2D eigenvalue weighted by atomic mass is 19.1. The molecule has 3 aliphatic rings. The maximum Gasteiger partial charge on any atom is 0.328 e. The van der Waals surface area contributed by atoms with Crippen LogP contribution in [0.1, 0.15) is 37.1 Å². The average molecular weight is 455 g/mol. The molecule has 5 nitrogen and oxygen atoms in total. The van der Waals surface area contributed by atoms with Crippen molar-refractivity contribution in [1.82, 2.24) is 9.88 Å². The molecule has 33 heavy (non-hydrogen) atoms. The Kier molecular flexibility index (Phi) is 5.93. The quantitative estimate of drug-likeness (QED) is 0.623. The molecule has 5 atom stereocenters. The molecule has 1 fully saturated rings. The minimum absolute atomic E-state index is 0.0943. The van der Waals surface area contributed by atoms with Gasteiger partial charge in [-0.05, 0) is 54.7 Å². The first-order valence-corrected chi connectivity index (χ1v) is 11.6. The van der Waals surface area contributed by atoms with E-state index in [1.54, 1.807) is 0 Å². The molecule has 0 amide bonds. The summed E-state index contributed by atoms with van der Waals surface area (Å²) >= 11 is 0. The number of hydrogen-bond donors (Lipinski definition) is 2. The molecule has 1 aliphatic carbocycles. The summed E-state index contributed by atoms with van der Waals surface area (Å²) in [6, 6.07) is 7.75. The summed E-state index contributed by atoms with van der Waals surface area (Å²) in [4.78, 5) is 16.6. The number of ether oxygens (including phenoxy) is 1. The molecule has 5 rings (SSSR count). The van der Waals surface area contributed by atoms with Crippen molar-refractivity contribution in [2.75, 3.05) is 13.2 Å². The van der Waals surface area contributed by atoms with Gasteiger partial charge in [-0.1, -0.05) is 25.1 Å². The number of fused-ring (bicyclic) bond motifs is 3. The Morgan fingerprint density at radius 2 is 2.18 bits per heavy atom. The molecule has 174 valence electrons. The lowest BCUT2D eigenvalue weighted by molar-refractivity contribution is -0.131. The molecule has 0 radical (unpaired) electrons. The normalized spacial score (nSPS) is 30.5. The van der Waals surface area contributed by atoms with E-state index in [1.165, 1.54) is 18.2 Å². The second-order valence-corrected chi connectivity index (χ2v) is 9.08. The number of carbonyl (C=O) groups is 1. The number of benzene rings is 1. The Bertz CT molecular complexity index is 1150. The van der Waals surface area contributed by atoms with Gasteiger partial charge in [-0.3, -0.25) is 4.90 Å². The molecule has 0 saturated carbocycles. The predicted octanol–water partition coefficient (Wildman–Crippen LogP) is 5.02. The number of carboxylic acids is 1. The first-order chi connectivity index (χ1) is 16.0. The summed E-state index contributed by atoms with van der Waals surface area (Å²) in [6.45, 7) is 3.33. The van der Waals surface area contributed by atoms with Crippen molar-refractivity contribution in [1.29, 1.82) is 0 Å². The number of para-hydroxylation sites is 1. The highest BCUT2D eigenvalue weighted by Gasteiger charge is 2.48. The monoisotopic (exact) mass is 454 g/mol. The number of aromatic amines is 1. The number of aliphatic carboxylic acids is 1. The lowest BCUT2D eigenvalue weighted by Gasteiger charge is -2.48. The van der Waals surface area contributed by atoms with Gasteiger partial charge in [-0.25, -0.2) is 13.6 Å². The Morgan fingerprint density at radius 3 is 2.88 bits per heavy atom. The zero-order valence-electron chi connectivity index (χ0n) is 18.5. The minimum atomic E-state index is -1.59. The number of alkyl halides is 1. The maximum absolute atomic E-state index is 15.7. The molecule has 2 aliphatic heterocycles. The number of allylic oxidation sites excluding steroid dienone is 4. The van der Waals surface area contributed by atoms with Crippen LogP contribution in [0.5, 0.6) is 0 Å². The van der Waals surface area contributed by atoms with E-state index in [1.807, 2.05) is 18.2 Å². The van der Waals surface area contributed by atoms with E-state index >= 15 is 8.78 Å². The van der Waals surface area contributed by atoms with Crippen LogP contribution in [0.4, 0.5) is 8.78 Å². The fraction of sp³-hybridized carbons (Fsp3) is 0.423. The second-order valence-electron chi connectivity index (χ2n) is 9.08. The number of aromatic nitrogens is 1. The van der Waals surface area contributed by atoms with Crippen LogP contribution in [0, 0.1) is 5.92 Å². The van der Waals surface area contributed by atoms with Gasteiger partial charge in [0.15, 0.2) is 0 Å². The minimum Gasteiger partial charge on any atom is -0.478 e. The van der Waals surface area contributed by atoms with Gasteiger partial charge in [0, 0.05) is 41.4 Å². The fourth-order valence-corrected chi connectivity index (χ4v) is 5.75. The van der Waals surface area contributed by atoms with Crippen molar-refractivity contribution in [2.45, 2.75) is 50.5 Å². The molecule has 2 N–H and O–H groups in total. The van der Waals surface area contributed by atoms with Crippen LogP contribution in [0.2, 0.25) is 0 Å². The van der Waals surface area contributed by atoms with Crippen LogP contribution in [0.25, 0.3) is 10.9 Å². The molecule has 0 spiro atoms. The summed E-state index contributed by atoms with van der Waals surface area (Å²) in [5.41, 5.74) is 3.22. The highest BCUT2D eigenvalue weighted by molar-refractivity contribution is 5.85. The van der Waals surface area contributed by atoms with Crippen LogP contribution < -0.4 is 0 Å². The molecule has 0 bridgehead atoms. The molecule has 1 saturated heterocycles. The van der Waals surface area contributed by atoms with Gasteiger partial charge < -0.3 is 14.8 Å². The summed E-state index contributed by atoms with van der Waals surface area (Å²) < 4.78 is 37.0. The SMILES string of the molecule is CC[C@@H]1Cc2c([nH]c3ccccc23)[C@@H](C2C(F)=CC(/C=C/C(=O)O)=CC2F)N1[C@H]1CCOC1. The van der Waals surface area contributed by atoms with E-state index in [0.717, 1.165) is 47.5 Å². The molecular weight excluding hydrogens is 426 g/mol. The largest absolute Gasteiger partial charge is 0.478 e. The first kappa shape index (κ1) is 22.0. The van der Waals surface area contributed by atoms with Crippen molar-refractivity contribution < 1.29 is 23.4 Å².